The molecule has 0 aliphatic heterocycles. The number of thioether (sulfide) groups is 1. The van der Waals surface area contributed by atoms with E-state index in [0.717, 1.165) is 5.56 Å². The Hall–Kier alpha value is -3.30. The molecule has 0 spiro atoms. The quantitative estimate of drug-likeness (QED) is 0.409. The Labute approximate surface area is 182 Å². The molecule has 0 saturated heterocycles. The predicted octanol–water partition coefficient (Wildman–Crippen LogP) is 2.16. The Morgan fingerprint density at radius 3 is 2.48 bits per heavy atom. The van der Waals surface area contributed by atoms with Gasteiger partial charge in [0, 0.05) is 12.8 Å². The summed E-state index contributed by atoms with van der Waals surface area (Å²) in [4.78, 5) is 31.4. The van der Waals surface area contributed by atoms with Crippen LogP contribution in [0.15, 0.2) is 75.4 Å². The molecule has 31 heavy (non-hydrogen) atoms. The topological polar surface area (TPSA) is 102 Å². The normalized spacial score (nSPS) is 12.2. The van der Waals surface area contributed by atoms with E-state index in [2.05, 4.69) is 9.97 Å². The number of fused-ring (bicyclic) bond motifs is 1. The molecule has 0 radical (unpaired) electrons. The largest absolute Gasteiger partial charge is 0.491 e. The van der Waals surface area contributed by atoms with Gasteiger partial charge in [0.05, 0.1) is 6.54 Å². The Balaban J connectivity index is 1.63. The number of nitrogens with one attached hydrogen (secondary N) is 1. The SMILES string of the molecule is Cn1c(=O)[nH]c(=O)c2c1nc(SCc1ccccc1)n2C[C@H](O)COc1ccccc1. The molecule has 9 heteroatoms. The molecule has 0 amide bonds. The molecule has 2 aromatic heterocycles. The van der Waals surface area contributed by atoms with Gasteiger partial charge in [-0.15, -0.1) is 0 Å². The number of aliphatic hydroxyl groups excluding tert-OH is 1. The van der Waals surface area contributed by atoms with Crippen molar-refractivity contribution in [3.8, 4) is 5.75 Å². The van der Waals surface area contributed by atoms with Crippen molar-refractivity contribution in [3.05, 3.63) is 87.1 Å². The second-order valence-corrected chi connectivity index (χ2v) is 7.99. The number of H-pyrrole nitrogens is 1. The number of nitrogens with zero attached hydrogens (tertiary/aromatic N) is 3. The summed E-state index contributed by atoms with van der Waals surface area (Å²) in [7, 11) is 1.55. The maximum atomic E-state index is 12.6. The summed E-state index contributed by atoms with van der Waals surface area (Å²) in [5.74, 6) is 1.28. The molecule has 0 unspecified atom stereocenters. The van der Waals surface area contributed by atoms with E-state index in [4.69, 9.17) is 4.74 Å². The number of aryl methyl sites for hydroxylation is 1. The number of aromatic nitrogens is 4. The first-order valence-corrected chi connectivity index (χ1v) is 10.7. The van der Waals surface area contributed by atoms with E-state index in [1.165, 1.54) is 16.3 Å². The molecule has 4 rings (SSSR count). The number of ether oxygens (including phenoxy) is 1. The minimum atomic E-state index is -0.884. The third-order valence-electron chi connectivity index (χ3n) is 4.76. The number of rotatable bonds is 8. The van der Waals surface area contributed by atoms with Crippen LogP contribution in [-0.4, -0.2) is 36.9 Å². The third-order valence-corrected chi connectivity index (χ3v) is 5.81. The molecule has 0 aliphatic rings. The highest BCUT2D eigenvalue weighted by molar-refractivity contribution is 7.98. The molecule has 2 aromatic carbocycles. The van der Waals surface area contributed by atoms with Crippen molar-refractivity contribution in [1.29, 1.82) is 0 Å². The average molecular weight is 439 g/mol. The monoisotopic (exact) mass is 438 g/mol. The lowest BCUT2D eigenvalue weighted by atomic mass is 10.2. The Bertz CT molecular complexity index is 1280. The number of hydrogen-bond acceptors (Lipinski definition) is 6. The van der Waals surface area contributed by atoms with Gasteiger partial charge in [0.25, 0.3) is 5.56 Å². The van der Waals surface area contributed by atoms with Crippen LogP contribution in [0.3, 0.4) is 0 Å². The summed E-state index contributed by atoms with van der Waals surface area (Å²) >= 11 is 1.44. The molecule has 0 saturated carbocycles. The van der Waals surface area contributed by atoms with Crippen molar-refractivity contribution in [2.45, 2.75) is 23.6 Å². The number of aliphatic hydroxyl groups is 1. The molecule has 0 fully saturated rings. The van der Waals surface area contributed by atoms with E-state index < -0.39 is 17.4 Å². The number of hydrogen-bond donors (Lipinski definition) is 2. The highest BCUT2D eigenvalue weighted by atomic mass is 32.2. The minimum absolute atomic E-state index is 0.0517. The lowest BCUT2D eigenvalue weighted by Crippen LogP contribution is -2.30. The molecule has 1 atom stereocenters. The van der Waals surface area contributed by atoms with Gasteiger partial charge in [-0.25, -0.2) is 9.78 Å². The van der Waals surface area contributed by atoms with Crippen molar-refractivity contribution >= 4 is 22.9 Å². The fourth-order valence-corrected chi connectivity index (χ4v) is 4.15. The van der Waals surface area contributed by atoms with Crippen molar-refractivity contribution in [1.82, 2.24) is 19.1 Å². The first kappa shape index (κ1) is 21.0. The van der Waals surface area contributed by atoms with Crippen LogP contribution in [-0.2, 0) is 19.3 Å². The second kappa shape index (κ2) is 9.23. The lowest BCUT2D eigenvalue weighted by Gasteiger charge is -2.15. The highest BCUT2D eigenvalue weighted by Gasteiger charge is 2.20. The van der Waals surface area contributed by atoms with Gasteiger partial charge in [-0.1, -0.05) is 60.3 Å². The maximum absolute atomic E-state index is 12.6. The van der Waals surface area contributed by atoms with Crippen LogP contribution < -0.4 is 16.0 Å². The minimum Gasteiger partial charge on any atom is -0.491 e. The van der Waals surface area contributed by atoms with Crippen molar-refractivity contribution in [2.75, 3.05) is 6.61 Å². The van der Waals surface area contributed by atoms with Crippen LogP contribution in [0, 0.1) is 0 Å². The highest BCUT2D eigenvalue weighted by Crippen LogP contribution is 2.25. The fraction of sp³-hybridized carbons (Fsp3) is 0.227. The van der Waals surface area contributed by atoms with Crippen LogP contribution in [0.1, 0.15) is 5.56 Å². The Morgan fingerprint density at radius 1 is 1.10 bits per heavy atom. The molecule has 160 valence electrons. The molecule has 0 bridgehead atoms. The zero-order valence-electron chi connectivity index (χ0n) is 16.9. The predicted molar refractivity (Wildman–Crippen MR) is 120 cm³/mol. The summed E-state index contributed by atoms with van der Waals surface area (Å²) in [6.45, 7) is 0.151. The molecule has 0 aliphatic carbocycles. The molecule has 2 heterocycles. The van der Waals surface area contributed by atoms with E-state index in [9.17, 15) is 14.7 Å². The fourth-order valence-electron chi connectivity index (χ4n) is 3.19. The maximum Gasteiger partial charge on any atom is 0.329 e. The van der Waals surface area contributed by atoms with Gasteiger partial charge in [-0.2, -0.15) is 0 Å². The number of imidazole rings is 1. The number of benzene rings is 2. The first-order valence-electron chi connectivity index (χ1n) is 9.75. The van der Waals surface area contributed by atoms with Crippen LogP contribution >= 0.6 is 11.8 Å². The van der Waals surface area contributed by atoms with Crippen LogP contribution in [0.4, 0.5) is 0 Å². The second-order valence-electron chi connectivity index (χ2n) is 7.05. The Morgan fingerprint density at radius 2 is 1.77 bits per heavy atom. The van der Waals surface area contributed by atoms with Gasteiger partial charge in [0.1, 0.15) is 18.5 Å². The van der Waals surface area contributed by atoms with Crippen LogP contribution in [0.25, 0.3) is 11.2 Å². The Kier molecular flexibility index (Phi) is 6.24. The standard InChI is InChI=1S/C22H22N4O4S/c1-25-19-18(20(28)24-21(25)29)26(12-16(27)13-30-17-10-6-3-7-11-17)22(23-19)31-14-15-8-4-2-5-9-15/h2-11,16,27H,12-14H2,1H3,(H,24,28,29)/t16-/m0/s1. The number of para-hydroxylation sites is 1. The smallest absolute Gasteiger partial charge is 0.329 e. The summed E-state index contributed by atoms with van der Waals surface area (Å²) < 4.78 is 8.59. The van der Waals surface area contributed by atoms with Crippen LogP contribution in [0.2, 0.25) is 0 Å². The van der Waals surface area contributed by atoms with Crippen molar-refractivity contribution in [3.63, 3.8) is 0 Å². The van der Waals surface area contributed by atoms with E-state index >= 15 is 0 Å². The zero-order valence-corrected chi connectivity index (χ0v) is 17.7. The van der Waals surface area contributed by atoms with E-state index in [0.29, 0.717) is 16.7 Å². The summed E-state index contributed by atoms with van der Waals surface area (Å²) in [6.07, 6.45) is -0.884. The molecular weight excluding hydrogens is 416 g/mol. The van der Waals surface area contributed by atoms with E-state index in [1.54, 1.807) is 23.7 Å². The van der Waals surface area contributed by atoms with Gasteiger partial charge in [-0.3, -0.25) is 14.3 Å². The van der Waals surface area contributed by atoms with Gasteiger partial charge in [0.2, 0.25) is 0 Å². The zero-order chi connectivity index (χ0) is 21.8. The van der Waals surface area contributed by atoms with E-state index in [1.807, 2.05) is 48.5 Å². The summed E-state index contributed by atoms with van der Waals surface area (Å²) in [5, 5.41) is 11.1. The van der Waals surface area contributed by atoms with Crippen molar-refractivity contribution < 1.29 is 9.84 Å². The molecule has 2 N–H and O–H groups in total. The number of aromatic amines is 1. The summed E-state index contributed by atoms with van der Waals surface area (Å²) in [6, 6.07) is 19.1. The van der Waals surface area contributed by atoms with Gasteiger partial charge in [-0.05, 0) is 17.7 Å². The molecule has 4 aromatic rings. The summed E-state index contributed by atoms with van der Waals surface area (Å²) in [5.41, 5.74) is 0.557. The van der Waals surface area contributed by atoms with Crippen LogP contribution in [0.5, 0.6) is 5.75 Å². The van der Waals surface area contributed by atoms with Gasteiger partial charge in [0.15, 0.2) is 16.3 Å². The molecule has 8 nitrogen and oxygen atoms in total. The van der Waals surface area contributed by atoms with Crippen molar-refractivity contribution in [2.24, 2.45) is 7.05 Å². The van der Waals surface area contributed by atoms with Gasteiger partial charge >= 0.3 is 5.69 Å². The lowest BCUT2D eigenvalue weighted by molar-refractivity contribution is 0.0914. The average Bonchev–Trinajstić information content (AvgIpc) is 3.15. The molecular formula is C22H22N4O4S. The van der Waals surface area contributed by atoms with E-state index in [-0.39, 0.29) is 24.3 Å². The van der Waals surface area contributed by atoms with Gasteiger partial charge < -0.3 is 14.4 Å². The third kappa shape index (κ3) is 4.73. The first-order chi connectivity index (χ1) is 15.0.